The lowest BCUT2D eigenvalue weighted by Crippen LogP contribution is -2.04. The Kier molecular flexibility index (Phi) is 6.58. The number of hydrogen-bond acceptors (Lipinski definition) is 2. The average Bonchev–Trinajstić information content (AvgIpc) is 2.51. The quantitative estimate of drug-likeness (QED) is 0.568. The third kappa shape index (κ3) is 4.75. The molecule has 0 fully saturated rings. The molecule has 2 aromatic rings. The summed E-state index contributed by atoms with van der Waals surface area (Å²) in [5.41, 5.74) is 2.42. The maximum absolute atomic E-state index is 5.94. The molecule has 0 unspecified atom stereocenters. The normalized spacial score (nSPS) is 10.4. The predicted octanol–water partition coefficient (Wildman–Crippen LogP) is 5.36. The lowest BCUT2D eigenvalue weighted by molar-refractivity contribution is 0.277. The fraction of sp³-hybridized carbons (Fsp3) is 0.294. The van der Waals surface area contributed by atoms with E-state index >= 15 is 0 Å². The fourth-order valence-electron chi connectivity index (χ4n) is 2.02. The molecule has 0 radical (unpaired) electrons. The van der Waals surface area contributed by atoms with Gasteiger partial charge in [-0.15, -0.1) is 0 Å². The lowest BCUT2D eigenvalue weighted by atomic mass is 10.2. The second-order valence-corrected chi connectivity index (χ2v) is 5.97. The first kappa shape index (κ1) is 16.4. The maximum atomic E-state index is 5.94. The Bertz CT molecular complexity index is 571. The van der Waals surface area contributed by atoms with Crippen molar-refractivity contribution >= 4 is 31.9 Å². The van der Waals surface area contributed by atoms with Crippen LogP contribution in [0.25, 0.3) is 0 Å². The van der Waals surface area contributed by atoms with Crippen molar-refractivity contribution in [1.29, 1.82) is 0 Å². The molecular formula is C17H18Br2O2. The smallest absolute Gasteiger partial charge is 0.175 e. The van der Waals surface area contributed by atoms with Crippen molar-refractivity contribution in [2.75, 3.05) is 13.2 Å². The number of halogens is 2. The molecule has 2 nitrogen and oxygen atoms in total. The van der Waals surface area contributed by atoms with E-state index < -0.39 is 0 Å². The third-order valence-electron chi connectivity index (χ3n) is 3.00. The van der Waals surface area contributed by atoms with Gasteiger partial charge in [-0.1, -0.05) is 46.3 Å². The van der Waals surface area contributed by atoms with Crippen LogP contribution in [0, 0.1) is 0 Å². The molecule has 112 valence electrons. The van der Waals surface area contributed by atoms with Crippen molar-refractivity contribution in [3.8, 4) is 11.5 Å². The van der Waals surface area contributed by atoms with Crippen molar-refractivity contribution in [1.82, 2.24) is 0 Å². The van der Waals surface area contributed by atoms with E-state index in [1.165, 1.54) is 5.56 Å². The van der Waals surface area contributed by atoms with Crippen LogP contribution in [0.15, 0.2) is 46.9 Å². The summed E-state index contributed by atoms with van der Waals surface area (Å²) in [5.74, 6) is 1.56. The van der Waals surface area contributed by atoms with Gasteiger partial charge in [0.15, 0.2) is 11.5 Å². The number of ether oxygens (including phenoxy) is 2. The number of benzene rings is 2. The Labute approximate surface area is 142 Å². The predicted molar refractivity (Wildman–Crippen MR) is 93.6 cm³/mol. The minimum Gasteiger partial charge on any atom is -0.490 e. The van der Waals surface area contributed by atoms with Gasteiger partial charge >= 0.3 is 0 Å². The summed E-state index contributed by atoms with van der Waals surface area (Å²) in [6.45, 7) is 3.21. The molecule has 2 aromatic carbocycles. The van der Waals surface area contributed by atoms with E-state index in [9.17, 15) is 0 Å². The van der Waals surface area contributed by atoms with Crippen LogP contribution >= 0.6 is 31.9 Å². The summed E-state index contributed by atoms with van der Waals surface area (Å²) in [6.07, 6.45) is 0.874. The average molecular weight is 414 g/mol. The van der Waals surface area contributed by atoms with Crippen molar-refractivity contribution in [3.63, 3.8) is 0 Å². The molecule has 0 aliphatic heterocycles. The summed E-state index contributed by atoms with van der Waals surface area (Å²) in [7, 11) is 0. The van der Waals surface area contributed by atoms with Crippen LogP contribution in [0.4, 0.5) is 0 Å². The van der Waals surface area contributed by atoms with E-state index in [1.807, 2.05) is 31.2 Å². The van der Waals surface area contributed by atoms with E-state index in [0.717, 1.165) is 33.3 Å². The van der Waals surface area contributed by atoms with Crippen LogP contribution in [0.5, 0.6) is 11.5 Å². The summed E-state index contributed by atoms with van der Waals surface area (Å²) in [4.78, 5) is 0. The molecule has 0 bridgehead atoms. The highest BCUT2D eigenvalue weighted by Crippen LogP contribution is 2.37. The number of alkyl halides is 1. The molecule has 0 spiro atoms. The highest BCUT2D eigenvalue weighted by atomic mass is 79.9. The number of rotatable bonds is 7. The molecule has 0 atom stereocenters. The summed E-state index contributed by atoms with van der Waals surface area (Å²) in [6, 6.07) is 14.4. The van der Waals surface area contributed by atoms with Crippen molar-refractivity contribution < 1.29 is 9.47 Å². The molecule has 0 saturated heterocycles. The summed E-state index contributed by atoms with van der Waals surface area (Å²) >= 11 is 7.04. The molecule has 21 heavy (non-hydrogen) atoms. The molecule has 4 heteroatoms. The van der Waals surface area contributed by atoms with Gasteiger partial charge in [-0.05, 0) is 46.1 Å². The van der Waals surface area contributed by atoms with Gasteiger partial charge in [0.1, 0.15) is 0 Å². The third-order valence-corrected chi connectivity index (χ3v) is 4.24. The SMILES string of the molecule is CCOc1cc(CBr)cc(Br)c1OCCc1ccccc1. The van der Waals surface area contributed by atoms with E-state index in [-0.39, 0.29) is 0 Å². The first-order chi connectivity index (χ1) is 10.2. The lowest BCUT2D eigenvalue weighted by Gasteiger charge is -2.15. The topological polar surface area (TPSA) is 18.5 Å². The summed E-state index contributed by atoms with van der Waals surface area (Å²) in [5, 5.41) is 0.788. The second kappa shape index (κ2) is 8.44. The zero-order valence-electron chi connectivity index (χ0n) is 11.9. The first-order valence-electron chi connectivity index (χ1n) is 6.92. The standard InChI is InChI=1S/C17H18Br2O2/c1-2-20-16-11-14(12-18)10-15(19)17(16)21-9-8-13-6-4-3-5-7-13/h3-7,10-11H,2,8-9,12H2,1H3. The van der Waals surface area contributed by atoms with Gasteiger partial charge < -0.3 is 9.47 Å². The Morgan fingerprint density at radius 3 is 2.43 bits per heavy atom. The minimum absolute atomic E-state index is 0.618. The fourth-order valence-corrected chi connectivity index (χ4v) is 2.94. The molecule has 0 aromatic heterocycles. The highest BCUT2D eigenvalue weighted by Gasteiger charge is 2.12. The number of hydrogen-bond donors (Lipinski definition) is 0. The van der Waals surface area contributed by atoms with E-state index in [0.29, 0.717) is 13.2 Å². The van der Waals surface area contributed by atoms with E-state index in [1.54, 1.807) is 0 Å². The Morgan fingerprint density at radius 1 is 1.00 bits per heavy atom. The van der Waals surface area contributed by atoms with E-state index in [4.69, 9.17) is 9.47 Å². The molecule has 0 aliphatic carbocycles. The van der Waals surface area contributed by atoms with Gasteiger partial charge in [0.2, 0.25) is 0 Å². The Morgan fingerprint density at radius 2 is 1.76 bits per heavy atom. The monoisotopic (exact) mass is 412 g/mol. The molecule has 0 amide bonds. The van der Waals surface area contributed by atoms with Crippen molar-refractivity contribution in [2.24, 2.45) is 0 Å². The van der Waals surface area contributed by atoms with E-state index in [2.05, 4.69) is 50.1 Å². The van der Waals surface area contributed by atoms with Gasteiger partial charge in [-0.25, -0.2) is 0 Å². The molecule has 0 aliphatic rings. The molecular weight excluding hydrogens is 396 g/mol. The summed E-state index contributed by atoms with van der Waals surface area (Å²) < 4.78 is 12.6. The van der Waals surface area contributed by atoms with Gasteiger partial charge in [-0.2, -0.15) is 0 Å². The van der Waals surface area contributed by atoms with Gasteiger partial charge in [0.05, 0.1) is 17.7 Å². The minimum atomic E-state index is 0.618. The zero-order chi connectivity index (χ0) is 15.1. The molecule has 0 heterocycles. The van der Waals surface area contributed by atoms with Crippen LogP contribution in [-0.2, 0) is 11.8 Å². The zero-order valence-corrected chi connectivity index (χ0v) is 15.1. The van der Waals surface area contributed by atoms with Crippen LogP contribution in [0.3, 0.4) is 0 Å². The van der Waals surface area contributed by atoms with Gasteiger partial charge in [-0.3, -0.25) is 0 Å². The second-order valence-electron chi connectivity index (χ2n) is 4.56. The van der Waals surface area contributed by atoms with Crippen molar-refractivity contribution in [2.45, 2.75) is 18.7 Å². The molecule has 2 rings (SSSR count). The largest absolute Gasteiger partial charge is 0.490 e. The van der Waals surface area contributed by atoms with Gasteiger partial charge in [0.25, 0.3) is 0 Å². The van der Waals surface area contributed by atoms with Crippen LogP contribution in [0.2, 0.25) is 0 Å². The van der Waals surface area contributed by atoms with Crippen LogP contribution < -0.4 is 9.47 Å². The Balaban J connectivity index is 2.07. The van der Waals surface area contributed by atoms with Crippen LogP contribution in [-0.4, -0.2) is 13.2 Å². The van der Waals surface area contributed by atoms with Crippen molar-refractivity contribution in [3.05, 3.63) is 58.1 Å². The Hall–Kier alpha value is -1.00. The first-order valence-corrected chi connectivity index (χ1v) is 8.84. The van der Waals surface area contributed by atoms with Crippen LogP contribution in [0.1, 0.15) is 18.1 Å². The molecule has 0 N–H and O–H groups in total. The maximum Gasteiger partial charge on any atom is 0.175 e. The molecule has 0 saturated carbocycles. The highest BCUT2D eigenvalue weighted by molar-refractivity contribution is 9.10. The van der Waals surface area contributed by atoms with Gasteiger partial charge in [0, 0.05) is 11.8 Å².